The van der Waals surface area contributed by atoms with E-state index in [-0.39, 0.29) is 19.4 Å². The van der Waals surface area contributed by atoms with E-state index in [2.05, 4.69) is 0 Å². The molecule has 0 N–H and O–H groups in total. The SMILES string of the molecule is [2H]C([2H])(CCCCCCCC)C([2H])([2H])C([2H])([2H])C([2H])([2H])C([2H])([2H])C([2H])([2H])C([2H])([2H])C([2H])([2H])OC1CCCCO1. The molecule has 2 nitrogen and oxygen atoms in total. The summed E-state index contributed by atoms with van der Waals surface area (Å²) in [6, 6.07) is 0. The van der Waals surface area contributed by atoms with Gasteiger partial charge in [-0.3, -0.25) is 0 Å². The molecule has 1 heterocycles. The van der Waals surface area contributed by atoms with Gasteiger partial charge in [-0.1, -0.05) is 90.1 Å². The second kappa shape index (κ2) is 16.8. The van der Waals surface area contributed by atoms with Crippen LogP contribution in [0.5, 0.6) is 0 Å². The van der Waals surface area contributed by atoms with Crippen molar-refractivity contribution in [1.29, 1.82) is 0 Å². The maximum atomic E-state index is 8.26. The van der Waals surface area contributed by atoms with Crippen molar-refractivity contribution < 1.29 is 31.4 Å². The van der Waals surface area contributed by atoms with Crippen molar-refractivity contribution in [3.63, 3.8) is 0 Å². The summed E-state index contributed by atoms with van der Waals surface area (Å²) in [5.74, 6) is 0. The van der Waals surface area contributed by atoms with Gasteiger partial charge in [0.15, 0.2) is 6.29 Å². The van der Waals surface area contributed by atoms with E-state index in [9.17, 15) is 0 Å². The van der Waals surface area contributed by atoms with Crippen LogP contribution in [0.25, 0.3) is 0 Å². The van der Waals surface area contributed by atoms with Crippen LogP contribution in [0.3, 0.4) is 0 Å². The number of hydrogen-bond donors (Lipinski definition) is 0. The molecule has 0 bridgehead atoms. The molecule has 1 aliphatic heterocycles. The molecule has 0 radical (unpaired) electrons. The van der Waals surface area contributed by atoms with E-state index in [1.807, 2.05) is 6.92 Å². The van der Waals surface area contributed by atoms with Gasteiger partial charge < -0.3 is 9.47 Å². The third kappa shape index (κ3) is 14.0. The fourth-order valence-corrected chi connectivity index (χ4v) is 2.15. The molecule has 1 atom stereocenters. The summed E-state index contributed by atoms with van der Waals surface area (Å²) in [4.78, 5) is 0. The predicted molar refractivity (Wildman–Crippen MR) is 99.9 cm³/mol. The minimum atomic E-state index is -4.22. The summed E-state index contributed by atoms with van der Waals surface area (Å²) in [6.07, 6.45) is -23.4. The summed E-state index contributed by atoms with van der Waals surface area (Å²) in [6.45, 7) is -1.38. The fraction of sp³-hybridized carbons (Fsp3) is 1.00. The number of hydrogen-bond acceptors (Lipinski definition) is 2. The highest BCUT2D eigenvalue weighted by molar-refractivity contribution is 4.54. The molecule has 0 aromatic carbocycles. The van der Waals surface area contributed by atoms with Crippen LogP contribution >= 0.6 is 0 Å². The van der Waals surface area contributed by atoms with Gasteiger partial charge in [0.2, 0.25) is 0 Å². The second-order valence-electron chi connectivity index (χ2n) is 5.46. The van der Waals surface area contributed by atoms with Crippen molar-refractivity contribution in [3.05, 3.63) is 0 Å². The van der Waals surface area contributed by atoms with E-state index < -0.39 is 63.9 Å². The molecular weight excluding hydrogens is 284 g/mol. The summed E-state index contributed by atoms with van der Waals surface area (Å²) in [7, 11) is 0. The lowest BCUT2D eigenvalue weighted by atomic mass is 10.0. The Bertz CT molecular complexity index is 778. The van der Waals surface area contributed by atoms with Gasteiger partial charge in [-0.2, -0.15) is 0 Å². The van der Waals surface area contributed by atoms with Crippen LogP contribution in [0, 0.1) is 0 Å². The molecule has 0 spiro atoms. The molecule has 1 fully saturated rings. The van der Waals surface area contributed by atoms with Crippen LogP contribution in [0.15, 0.2) is 0 Å². The van der Waals surface area contributed by atoms with Crippen molar-refractivity contribution in [2.45, 2.75) is 122 Å². The maximum absolute atomic E-state index is 8.26. The number of rotatable bonds is 16. The van der Waals surface area contributed by atoms with E-state index in [1.54, 1.807) is 0 Å². The molecule has 0 aromatic rings. The van der Waals surface area contributed by atoms with Crippen molar-refractivity contribution >= 4 is 0 Å². The molecule has 23 heavy (non-hydrogen) atoms. The minimum Gasteiger partial charge on any atom is -0.353 e. The molecule has 0 amide bonds. The lowest BCUT2D eigenvalue weighted by molar-refractivity contribution is -0.162. The van der Waals surface area contributed by atoms with Crippen LogP contribution in [0.1, 0.15) is 138 Å². The molecule has 0 aliphatic carbocycles. The Morgan fingerprint density at radius 2 is 1.48 bits per heavy atom. The molecule has 1 saturated heterocycles. The summed E-state index contributed by atoms with van der Waals surface area (Å²) in [5, 5.41) is 0. The third-order valence-electron chi connectivity index (χ3n) is 3.44. The highest BCUT2D eigenvalue weighted by Crippen LogP contribution is 2.15. The molecule has 0 saturated carbocycles. The predicted octanol–water partition coefficient (Wildman–Crippen LogP) is 7.01. The lowest BCUT2D eigenvalue weighted by Gasteiger charge is -2.22. The van der Waals surface area contributed by atoms with Crippen molar-refractivity contribution in [3.8, 4) is 0 Å². The first-order valence-electron chi connectivity index (χ1n) is 16.7. The summed E-state index contributed by atoms with van der Waals surface area (Å²) < 4.78 is 142. The highest BCUT2D eigenvalue weighted by Gasteiger charge is 2.13. The Kier molecular flexibility index (Phi) is 5.30. The lowest BCUT2D eigenvalue weighted by Crippen LogP contribution is -2.22. The quantitative estimate of drug-likeness (QED) is 0.281. The molecule has 138 valence electrons. The molecule has 0 aromatic heterocycles. The molecular formula is C21H42O2. The first-order valence-corrected chi connectivity index (χ1v) is 8.68. The topological polar surface area (TPSA) is 18.5 Å². The molecule has 1 unspecified atom stereocenters. The fourth-order valence-electron chi connectivity index (χ4n) is 2.15. The van der Waals surface area contributed by atoms with Crippen molar-refractivity contribution in [1.82, 2.24) is 0 Å². The first-order chi connectivity index (χ1) is 17.4. The van der Waals surface area contributed by atoms with Crippen LogP contribution in [-0.4, -0.2) is 19.5 Å². The van der Waals surface area contributed by atoms with Crippen LogP contribution < -0.4 is 0 Å². The van der Waals surface area contributed by atoms with Gasteiger partial charge in [0.05, 0.1) is 2.74 Å². The van der Waals surface area contributed by atoms with Gasteiger partial charge in [-0.05, 0) is 25.6 Å². The normalized spacial score (nSPS) is 33.7. The van der Waals surface area contributed by atoms with E-state index in [1.165, 1.54) is 0 Å². The van der Waals surface area contributed by atoms with Gasteiger partial charge in [-0.15, -0.1) is 0 Å². The van der Waals surface area contributed by atoms with Crippen LogP contribution in [0.4, 0.5) is 0 Å². The Morgan fingerprint density at radius 1 is 0.826 bits per heavy atom. The second-order valence-corrected chi connectivity index (χ2v) is 5.46. The molecule has 1 rings (SSSR count). The monoisotopic (exact) mass is 342 g/mol. The smallest absolute Gasteiger partial charge is 0.157 e. The van der Waals surface area contributed by atoms with Gasteiger partial charge >= 0.3 is 0 Å². The highest BCUT2D eigenvalue weighted by atomic mass is 16.7. The van der Waals surface area contributed by atoms with Crippen molar-refractivity contribution in [2.24, 2.45) is 0 Å². The Hall–Kier alpha value is -0.0800. The average molecular weight is 343 g/mol. The maximum Gasteiger partial charge on any atom is 0.157 e. The van der Waals surface area contributed by atoms with Gasteiger partial charge in [0.1, 0.15) is 0 Å². The van der Waals surface area contributed by atoms with Crippen LogP contribution in [0.2, 0.25) is 0 Å². The number of unbranched alkanes of at least 4 members (excludes halogenated alkanes) is 5. The molecule has 2 heteroatoms. The summed E-state index contributed by atoms with van der Waals surface area (Å²) in [5.41, 5.74) is 0. The standard InChI is InChI=1S/C21H42O2/c1-2-3-4-5-6-7-8-9-10-11-12-13-14-16-19-22-21-18-15-17-20-23-21/h21H,2-20H2,1H3/i9D2,10D2,11D2,12D2,13D2,14D2,16D2,19D2. The Labute approximate surface area is 168 Å². The van der Waals surface area contributed by atoms with Gasteiger partial charge in [0.25, 0.3) is 0 Å². The van der Waals surface area contributed by atoms with Crippen LogP contribution in [-0.2, 0) is 9.47 Å². The zero-order chi connectivity index (χ0) is 30.8. The Morgan fingerprint density at radius 3 is 2.17 bits per heavy atom. The van der Waals surface area contributed by atoms with Gasteiger partial charge in [0, 0.05) is 32.4 Å². The van der Waals surface area contributed by atoms with E-state index in [0.717, 1.165) is 25.7 Å². The third-order valence-corrected chi connectivity index (χ3v) is 3.44. The zero-order valence-electron chi connectivity index (χ0n) is 30.2. The average Bonchev–Trinajstić information content (AvgIpc) is 2.80. The largest absolute Gasteiger partial charge is 0.353 e. The van der Waals surface area contributed by atoms with E-state index in [4.69, 9.17) is 31.4 Å². The van der Waals surface area contributed by atoms with E-state index in [0.29, 0.717) is 19.3 Å². The van der Waals surface area contributed by atoms with Crippen molar-refractivity contribution in [2.75, 3.05) is 13.2 Å². The number of ether oxygens (including phenoxy) is 2. The first kappa shape index (κ1) is 7.27. The van der Waals surface area contributed by atoms with E-state index >= 15 is 0 Å². The molecule has 1 aliphatic rings. The summed E-state index contributed by atoms with van der Waals surface area (Å²) >= 11 is 0. The Balaban J connectivity index is 3.30. The van der Waals surface area contributed by atoms with Gasteiger partial charge in [-0.25, -0.2) is 0 Å². The zero-order valence-corrected chi connectivity index (χ0v) is 14.2. The minimum absolute atomic E-state index is 0.156.